The summed E-state index contributed by atoms with van der Waals surface area (Å²) >= 11 is 0. The molecule has 0 N–H and O–H groups in total. The van der Waals surface area contributed by atoms with E-state index < -0.39 is 0 Å². The van der Waals surface area contributed by atoms with Crippen LogP contribution >= 0.6 is 0 Å². The first-order valence-electron chi connectivity index (χ1n) is 9.00. The summed E-state index contributed by atoms with van der Waals surface area (Å²) in [6.07, 6.45) is 13.3. The zero-order valence-corrected chi connectivity index (χ0v) is 15.8. The third-order valence-electron chi connectivity index (χ3n) is 4.15. The average Bonchev–Trinajstić information content (AvgIpc) is 2.59. The Morgan fingerprint density at radius 3 is 1.33 bits per heavy atom. The highest BCUT2D eigenvalue weighted by Crippen LogP contribution is 2.10. The molecule has 128 valence electrons. The van der Waals surface area contributed by atoms with Crippen molar-refractivity contribution in [3.05, 3.63) is 95.1 Å². The highest BCUT2D eigenvalue weighted by Gasteiger charge is 1.94. The first-order chi connectivity index (χ1) is 11.7. The van der Waals surface area contributed by atoms with E-state index in [4.69, 9.17) is 0 Å². The van der Waals surface area contributed by atoms with Crippen molar-refractivity contribution in [2.45, 2.75) is 53.4 Å². The van der Waals surface area contributed by atoms with E-state index in [9.17, 15) is 0 Å². The van der Waals surface area contributed by atoms with Crippen molar-refractivity contribution in [2.75, 3.05) is 0 Å². The number of aryl methyl sites for hydroxylation is 4. The molecule has 2 rings (SSSR count). The normalized spacial score (nSPS) is 10.8. The predicted molar refractivity (Wildman–Crippen MR) is 109 cm³/mol. The number of hydrogen-bond acceptors (Lipinski definition) is 0. The Kier molecular flexibility index (Phi) is 10.3. The minimum atomic E-state index is 1.15. The Morgan fingerprint density at radius 1 is 0.625 bits per heavy atom. The van der Waals surface area contributed by atoms with Gasteiger partial charge in [0.15, 0.2) is 0 Å². The molecule has 2 aromatic rings. The summed E-state index contributed by atoms with van der Waals surface area (Å²) in [4.78, 5) is 0. The van der Waals surface area contributed by atoms with Crippen LogP contribution in [-0.4, -0.2) is 0 Å². The van der Waals surface area contributed by atoms with Crippen LogP contribution in [0.4, 0.5) is 0 Å². The van der Waals surface area contributed by atoms with E-state index in [2.05, 4.69) is 101 Å². The molecule has 0 bridgehead atoms. The maximum atomic E-state index is 2.21. The summed E-state index contributed by atoms with van der Waals surface area (Å²) in [6.45, 7) is 8.48. The highest BCUT2D eigenvalue weighted by molar-refractivity contribution is 5.26. The monoisotopic (exact) mass is 320 g/mol. The third kappa shape index (κ3) is 7.97. The molecular weight excluding hydrogens is 288 g/mol. The second-order valence-electron chi connectivity index (χ2n) is 6.07. The van der Waals surface area contributed by atoms with Crippen molar-refractivity contribution in [1.82, 2.24) is 0 Å². The molecule has 0 heteroatoms. The van der Waals surface area contributed by atoms with Gasteiger partial charge >= 0.3 is 0 Å². The van der Waals surface area contributed by atoms with Crippen molar-refractivity contribution in [3.8, 4) is 0 Å². The van der Waals surface area contributed by atoms with Gasteiger partial charge in [-0.25, -0.2) is 0 Å². The topological polar surface area (TPSA) is 0 Å². The summed E-state index contributed by atoms with van der Waals surface area (Å²) in [5.74, 6) is 0. The van der Waals surface area contributed by atoms with E-state index in [1.54, 1.807) is 0 Å². The lowest BCUT2D eigenvalue weighted by atomic mass is 10.0. The van der Waals surface area contributed by atoms with E-state index in [1.807, 2.05) is 0 Å². The number of allylic oxidation sites excluding steroid dienone is 4. The van der Waals surface area contributed by atoms with Crippen molar-refractivity contribution in [1.29, 1.82) is 0 Å². The summed E-state index contributed by atoms with van der Waals surface area (Å²) < 4.78 is 0. The minimum absolute atomic E-state index is 1.15. The van der Waals surface area contributed by atoms with Crippen LogP contribution in [0.2, 0.25) is 0 Å². The largest absolute Gasteiger partial charge is 0.0917 e. The zero-order valence-electron chi connectivity index (χ0n) is 15.8. The van der Waals surface area contributed by atoms with Crippen molar-refractivity contribution < 1.29 is 0 Å². The van der Waals surface area contributed by atoms with E-state index >= 15 is 0 Å². The molecular formula is C24H32. The van der Waals surface area contributed by atoms with Gasteiger partial charge in [0.1, 0.15) is 0 Å². The molecule has 0 nitrogen and oxygen atoms in total. The second kappa shape index (κ2) is 12.4. The van der Waals surface area contributed by atoms with Crippen LogP contribution in [0.1, 0.15) is 48.9 Å². The van der Waals surface area contributed by atoms with Crippen LogP contribution in [0.3, 0.4) is 0 Å². The van der Waals surface area contributed by atoms with Crippen LogP contribution in [0.15, 0.2) is 72.8 Å². The van der Waals surface area contributed by atoms with E-state index in [1.165, 1.54) is 22.3 Å². The first kappa shape index (κ1) is 20.0. The Balaban J connectivity index is 0.000000240. The van der Waals surface area contributed by atoms with Gasteiger partial charge in [0, 0.05) is 0 Å². The summed E-state index contributed by atoms with van der Waals surface area (Å²) in [6, 6.07) is 17.2. The van der Waals surface area contributed by atoms with E-state index in [0.29, 0.717) is 0 Å². The first-order valence-corrected chi connectivity index (χ1v) is 9.00. The lowest BCUT2D eigenvalue weighted by Gasteiger charge is -2.01. The van der Waals surface area contributed by atoms with Gasteiger partial charge < -0.3 is 0 Å². The molecule has 0 saturated heterocycles. The Hall–Kier alpha value is -2.08. The number of hydrogen-bond donors (Lipinski definition) is 0. The Morgan fingerprint density at radius 2 is 1.00 bits per heavy atom. The van der Waals surface area contributed by atoms with Gasteiger partial charge in [-0.2, -0.15) is 0 Å². The molecule has 0 radical (unpaired) electrons. The van der Waals surface area contributed by atoms with Crippen LogP contribution < -0.4 is 0 Å². The SMILES string of the molecule is CC=CCCc1ccccc1C.CC=CCCc1ccccc1C. The molecule has 0 aliphatic carbocycles. The lowest BCUT2D eigenvalue weighted by Crippen LogP contribution is -1.86. The molecule has 0 fully saturated rings. The van der Waals surface area contributed by atoms with Gasteiger partial charge in [-0.3, -0.25) is 0 Å². The van der Waals surface area contributed by atoms with Crippen LogP contribution in [0.5, 0.6) is 0 Å². The van der Waals surface area contributed by atoms with E-state index in [0.717, 1.165) is 25.7 Å². The molecule has 0 aromatic heterocycles. The van der Waals surface area contributed by atoms with Gasteiger partial charge in [-0.1, -0.05) is 72.8 Å². The fourth-order valence-corrected chi connectivity index (χ4v) is 2.59. The van der Waals surface area contributed by atoms with Crippen LogP contribution in [-0.2, 0) is 12.8 Å². The number of benzene rings is 2. The fraction of sp³-hybridized carbons (Fsp3) is 0.333. The second-order valence-corrected chi connectivity index (χ2v) is 6.07. The van der Waals surface area contributed by atoms with Crippen molar-refractivity contribution in [3.63, 3.8) is 0 Å². The minimum Gasteiger partial charge on any atom is -0.0917 e. The molecule has 24 heavy (non-hydrogen) atoms. The van der Waals surface area contributed by atoms with Gasteiger partial charge in [0.2, 0.25) is 0 Å². The molecule has 0 atom stereocenters. The maximum absolute atomic E-state index is 2.21. The van der Waals surface area contributed by atoms with Gasteiger partial charge in [0.25, 0.3) is 0 Å². The molecule has 0 spiro atoms. The van der Waals surface area contributed by atoms with E-state index in [-0.39, 0.29) is 0 Å². The standard InChI is InChI=1S/2C12H16/c2*1-3-4-5-9-12-10-7-6-8-11(12)2/h2*3-4,6-8,10H,5,9H2,1-2H3. The lowest BCUT2D eigenvalue weighted by molar-refractivity contribution is 0.985. The highest BCUT2D eigenvalue weighted by atomic mass is 14.0. The van der Waals surface area contributed by atoms with Crippen molar-refractivity contribution in [2.24, 2.45) is 0 Å². The summed E-state index contributed by atoms with van der Waals surface area (Å²) in [7, 11) is 0. The molecule has 0 heterocycles. The molecule has 0 amide bonds. The third-order valence-corrected chi connectivity index (χ3v) is 4.15. The van der Waals surface area contributed by atoms with Gasteiger partial charge in [0.05, 0.1) is 0 Å². The fourth-order valence-electron chi connectivity index (χ4n) is 2.59. The maximum Gasteiger partial charge on any atom is -0.0242 e. The Labute approximate surface area is 148 Å². The van der Waals surface area contributed by atoms with Crippen molar-refractivity contribution >= 4 is 0 Å². The zero-order chi connectivity index (χ0) is 17.6. The number of rotatable bonds is 6. The smallest absolute Gasteiger partial charge is 0.0242 e. The molecule has 0 saturated carbocycles. The van der Waals surface area contributed by atoms with Crippen LogP contribution in [0.25, 0.3) is 0 Å². The summed E-state index contributed by atoms with van der Waals surface area (Å²) in [5, 5.41) is 0. The average molecular weight is 321 g/mol. The molecule has 0 aliphatic rings. The van der Waals surface area contributed by atoms with Gasteiger partial charge in [-0.05, 0) is 75.6 Å². The predicted octanol–water partition coefficient (Wildman–Crippen LogP) is 7.01. The van der Waals surface area contributed by atoms with Gasteiger partial charge in [-0.15, -0.1) is 0 Å². The molecule has 2 aromatic carbocycles. The van der Waals surface area contributed by atoms with Crippen LogP contribution in [0, 0.1) is 13.8 Å². The quantitative estimate of drug-likeness (QED) is 0.502. The molecule has 0 aliphatic heterocycles. The Bertz CT molecular complexity index is 574. The molecule has 0 unspecified atom stereocenters. The summed E-state index contributed by atoms with van der Waals surface area (Å²) in [5.41, 5.74) is 5.75.